The van der Waals surface area contributed by atoms with Crippen LogP contribution in [-0.4, -0.2) is 44.4 Å². The van der Waals surface area contributed by atoms with Crippen molar-refractivity contribution in [3.63, 3.8) is 0 Å². The third-order valence-electron chi connectivity index (χ3n) is 6.64. The topological polar surface area (TPSA) is 105 Å². The maximum Gasteiger partial charge on any atom is 0.435 e. The first-order valence-electron chi connectivity index (χ1n) is 14.8. The minimum absolute atomic E-state index is 0.336. The Morgan fingerprint density at radius 1 is 1.00 bits per heavy atom. The molecule has 0 fully saturated rings. The fourth-order valence-corrected chi connectivity index (χ4v) is 5.78. The van der Waals surface area contributed by atoms with Gasteiger partial charge >= 0.3 is 12.1 Å². The number of aromatic amines is 1. The van der Waals surface area contributed by atoms with Gasteiger partial charge < -0.3 is 23.9 Å². The first-order chi connectivity index (χ1) is 21.3. The largest absolute Gasteiger partial charge is 0.493 e. The number of nitrogens with one attached hydrogen (secondary N) is 1. The second-order valence-electron chi connectivity index (χ2n) is 12.7. The highest BCUT2D eigenvalue weighted by molar-refractivity contribution is 9.09. The predicted molar refractivity (Wildman–Crippen MR) is 180 cm³/mol. The molecule has 0 atom stereocenters. The Morgan fingerprint density at radius 2 is 1.76 bits per heavy atom. The van der Waals surface area contributed by atoms with Crippen molar-refractivity contribution in [1.82, 2.24) is 14.8 Å². The number of carbonyl (C=O) groups excluding carboxylic acids is 2. The third-order valence-corrected chi connectivity index (χ3v) is 8.31. The molecule has 0 unspecified atom stereocenters. The lowest BCUT2D eigenvalue weighted by Crippen LogP contribution is -2.27. The summed E-state index contributed by atoms with van der Waals surface area (Å²) in [7, 11) is 0. The van der Waals surface area contributed by atoms with Gasteiger partial charge in [0.2, 0.25) is 0 Å². The first-order valence-corrected chi connectivity index (χ1v) is 16.7. The van der Waals surface area contributed by atoms with Gasteiger partial charge in [-0.1, -0.05) is 46.3 Å². The summed E-state index contributed by atoms with van der Waals surface area (Å²) in [4.78, 5) is 30.9. The molecule has 3 heterocycles. The van der Waals surface area contributed by atoms with E-state index in [9.17, 15) is 9.59 Å². The Bertz CT molecular complexity index is 1810. The normalized spacial score (nSPS) is 12.2. The van der Waals surface area contributed by atoms with Crippen LogP contribution in [0.25, 0.3) is 32.5 Å². The molecular weight excluding hydrogens is 658 g/mol. The molecule has 3 aromatic heterocycles. The summed E-state index contributed by atoms with van der Waals surface area (Å²) in [6.45, 7) is 12.2. The Kier molecular flexibility index (Phi) is 9.71. The summed E-state index contributed by atoms with van der Waals surface area (Å²) in [6, 6.07) is 17.4. The van der Waals surface area contributed by atoms with Crippen LogP contribution >= 0.6 is 27.3 Å². The quantitative estimate of drug-likeness (QED) is 0.0884. The Hall–Kier alpha value is -3.67. The molecule has 11 heteroatoms. The number of carbonyl (C=O) groups is 2. The summed E-state index contributed by atoms with van der Waals surface area (Å²) >= 11 is 4.89. The average molecular weight is 697 g/mol. The van der Waals surface area contributed by atoms with Gasteiger partial charge in [0, 0.05) is 21.7 Å². The molecular formula is C34H38BrN3O6S. The van der Waals surface area contributed by atoms with Crippen LogP contribution in [0.1, 0.15) is 58.4 Å². The number of hydrogen-bond acceptors (Lipinski definition) is 8. The lowest BCUT2D eigenvalue weighted by molar-refractivity contribution is -0.142. The fourth-order valence-electron chi connectivity index (χ4n) is 4.48. The summed E-state index contributed by atoms with van der Waals surface area (Å²) < 4.78 is 25.7. The molecule has 5 aromatic rings. The zero-order chi connectivity index (χ0) is 32.4. The average Bonchev–Trinajstić information content (AvgIpc) is 3.64. The summed E-state index contributed by atoms with van der Waals surface area (Å²) in [5, 5.41) is 6.27. The number of esters is 1. The number of aromatic nitrogens is 3. The molecule has 0 radical (unpaired) electrons. The number of benzene rings is 2. The molecule has 0 saturated heterocycles. The number of nitrogens with zero attached hydrogens (tertiary/aromatic N) is 2. The molecule has 238 valence electrons. The zero-order valence-electron chi connectivity index (χ0n) is 26.4. The Labute approximate surface area is 274 Å². The number of fused-ring (bicyclic) bond motifs is 2. The predicted octanol–water partition coefficient (Wildman–Crippen LogP) is 8.86. The Balaban J connectivity index is 1.61. The van der Waals surface area contributed by atoms with E-state index in [-0.39, 0.29) is 0 Å². The van der Waals surface area contributed by atoms with Gasteiger partial charge in [-0.25, -0.2) is 4.79 Å². The zero-order valence-corrected chi connectivity index (χ0v) is 28.8. The number of ether oxygens (including phenoxy) is 4. The van der Waals surface area contributed by atoms with Gasteiger partial charge in [0.25, 0.3) is 0 Å². The van der Waals surface area contributed by atoms with Crippen LogP contribution in [0.5, 0.6) is 11.5 Å². The van der Waals surface area contributed by atoms with Gasteiger partial charge in [-0.05, 0) is 71.7 Å². The minimum Gasteiger partial charge on any atom is -0.493 e. The second kappa shape index (κ2) is 13.4. The van der Waals surface area contributed by atoms with Crippen molar-refractivity contribution in [2.24, 2.45) is 5.41 Å². The van der Waals surface area contributed by atoms with E-state index in [2.05, 4.69) is 20.9 Å². The molecule has 9 nitrogen and oxygen atoms in total. The van der Waals surface area contributed by atoms with E-state index in [1.54, 1.807) is 20.8 Å². The molecule has 0 bridgehead atoms. The van der Waals surface area contributed by atoms with E-state index >= 15 is 0 Å². The van der Waals surface area contributed by atoms with Crippen LogP contribution in [0.4, 0.5) is 4.79 Å². The molecule has 1 N–H and O–H groups in total. The van der Waals surface area contributed by atoms with Crippen LogP contribution in [0, 0.1) is 5.41 Å². The van der Waals surface area contributed by atoms with Crippen LogP contribution in [0.2, 0.25) is 0 Å². The summed E-state index contributed by atoms with van der Waals surface area (Å²) in [5.74, 6) is 0.623. The highest BCUT2D eigenvalue weighted by atomic mass is 79.9. The van der Waals surface area contributed by atoms with Crippen molar-refractivity contribution in [3.05, 3.63) is 65.0 Å². The van der Waals surface area contributed by atoms with Crippen molar-refractivity contribution >= 4 is 60.4 Å². The van der Waals surface area contributed by atoms with Crippen molar-refractivity contribution in [2.75, 3.05) is 11.9 Å². The number of H-pyrrole nitrogens is 1. The number of rotatable bonds is 10. The molecule has 0 spiro atoms. The van der Waals surface area contributed by atoms with E-state index in [4.69, 9.17) is 24.0 Å². The number of hydrogen-bond donors (Lipinski definition) is 1. The number of alkyl halides is 1. The van der Waals surface area contributed by atoms with E-state index < -0.39 is 23.1 Å². The lowest BCUT2D eigenvalue weighted by atomic mass is 9.97. The van der Waals surface area contributed by atoms with Crippen molar-refractivity contribution in [3.8, 4) is 22.9 Å². The second-order valence-corrected chi connectivity index (χ2v) is 14.6. The van der Waals surface area contributed by atoms with Gasteiger partial charge in [0.1, 0.15) is 22.7 Å². The van der Waals surface area contributed by atoms with Gasteiger partial charge in [-0.3, -0.25) is 4.79 Å². The number of thiophene rings is 1. The maximum absolute atomic E-state index is 13.4. The van der Waals surface area contributed by atoms with Gasteiger partial charge in [0.15, 0.2) is 5.75 Å². The van der Waals surface area contributed by atoms with Crippen LogP contribution in [0.3, 0.4) is 0 Å². The molecule has 0 aliphatic heterocycles. The SMILES string of the molecule is CC(C)(C)OC(=O)n1nc(-c2[nH]c3cc(OCCCBr)ccc3c2OC(=O)C(C)(C)C)c2sc(COCc3ccccc3)cc21. The highest BCUT2D eigenvalue weighted by Crippen LogP contribution is 2.43. The van der Waals surface area contributed by atoms with E-state index in [0.717, 1.165) is 26.9 Å². The monoisotopic (exact) mass is 695 g/mol. The Morgan fingerprint density at radius 3 is 2.44 bits per heavy atom. The van der Waals surface area contributed by atoms with Gasteiger partial charge in [-0.2, -0.15) is 9.78 Å². The van der Waals surface area contributed by atoms with E-state index in [0.29, 0.717) is 59.1 Å². The maximum atomic E-state index is 13.4. The smallest absolute Gasteiger partial charge is 0.435 e. The molecule has 0 aliphatic carbocycles. The molecule has 0 saturated carbocycles. The van der Waals surface area contributed by atoms with Crippen LogP contribution < -0.4 is 9.47 Å². The lowest BCUT2D eigenvalue weighted by Gasteiger charge is -2.19. The summed E-state index contributed by atoms with van der Waals surface area (Å²) in [6.07, 6.45) is 0.248. The molecule has 0 aliphatic rings. The van der Waals surface area contributed by atoms with Crippen molar-refractivity contribution in [1.29, 1.82) is 0 Å². The molecule has 0 amide bonds. The molecule has 2 aromatic carbocycles. The van der Waals surface area contributed by atoms with Crippen molar-refractivity contribution in [2.45, 2.75) is 66.8 Å². The minimum atomic E-state index is -0.753. The van der Waals surface area contributed by atoms with Crippen molar-refractivity contribution < 1.29 is 28.5 Å². The van der Waals surface area contributed by atoms with E-state index in [1.807, 2.05) is 75.4 Å². The third kappa shape index (κ3) is 7.77. The van der Waals surface area contributed by atoms with Gasteiger partial charge in [-0.15, -0.1) is 11.3 Å². The summed E-state index contributed by atoms with van der Waals surface area (Å²) in [5.41, 5.74) is 1.81. The number of halogens is 1. The highest BCUT2D eigenvalue weighted by Gasteiger charge is 2.31. The van der Waals surface area contributed by atoms with Crippen LogP contribution in [0.15, 0.2) is 54.6 Å². The van der Waals surface area contributed by atoms with Gasteiger partial charge in [0.05, 0.1) is 41.0 Å². The molecule has 5 rings (SSSR count). The standard InChI is InChI=1S/C34H38BrN3O6S/c1-33(2,3)31(39)43-29-24-14-13-22(42-16-10-15-35)17-25(24)36-27(29)28-30-26(38(37-28)32(40)44-34(4,5)6)18-23(45-30)20-41-19-21-11-8-7-9-12-21/h7-9,11-14,17-18,36H,10,15-16,19-20H2,1-6H3. The molecule has 45 heavy (non-hydrogen) atoms. The fraction of sp³-hybridized carbons (Fsp3) is 0.382. The van der Waals surface area contributed by atoms with Crippen LogP contribution in [-0.2, 0) is 27.5 Å². The van der Waals surface area contributed by atoms with E-state index in [1.165, 1.54) is 16.0 Å². The first kappa shape index (κ1) is 32.7.